The zero-order valence-corrected chi connectivity index (χ0v) is 18.1. The maximum absolute atomic E-state index is 13.1. The molecule has 0 saturated carbocycles. The third-order valence-electron chi connectivity index (χ3n) is 5.94. The number of amides is 1. The molecule has 6 heteroatoms. The van der Waals surface area contributed by atoms with E-state index < -0.39 is 5.60 Å². The van der Waals surface area contributed by atoms with E-state index in [2.05, 4.69) is 4.57 Å². The lowest BCUT2D eigenvalue weighted by Gasteiger charge is -2.39. The summed E-state index contributed by atoms with van der Waals surface area (Å²) in [5, 5.41) is 12.4. The molecule has 1 aliphatic heterocycles. The molecule has 1 fully saturated rings. The van der Waals surface area contributed by atoms with Gasteiger partial charge in [-0.1, -0.05) is 47.5 Å². The van der Waals surface area contributed by atoms with Gasteiger partial charge < -0.3 is 14.6 Å². The number of halogens is 2. The minimum absolute atomic E-state index is 0.0850. The van der Waals surface area contributed by atoms with Crippen molar-refractivity contribution in [3.05, 3.63) is 94.2 Å². The molecule has 4 rings (SSSR count). The van der Waals surface area contributed by atoms with Gasteiger partial charge >= 0.3 is 0 Å². The van der Waals surface area contributed by atoms with E-state index in [9.17, 15) is 9.90 Å². The molecule has 0 unspecified atom stereocenters. The van der Waals surface area contributed by atoms with Gasteiger partial charge in [-0.25, -0.2) is 0 Å². The Bertz CT molecular complexity index is 977. The summed E-state index contributed by atoms with van der Waals surface area (Å²) in [6.07, 6.45) is 5.32. The van der Waals surface area contributed by atoms with Gasteiger partial charge in [0.05, 0.1) is 18.1 Å². The normalized spacial score (nSPS) is 17.0. The molecule has 156 valence electrons. The van der Waals surface area contributed by atoms with E-state index in [4.69, 9.17) is 23.2 Å². The first-order valence-electron chi connectivity index (χ1n) is 10.1. The van der Waals surface area contributed by atoms with Crippen LogP contribution in [-0.4, -0.2) is 33.6 Å². The minimum Gasteiger partial charge on any atom is -0.385 e. The Kier molecular flexibility index (Phi) is 6.19. The number of carbonyl (C=O) groups is 1. The SMILES string of the molecule is O=C(C[C@@H](c1ccc(Cl)cc1)n1cccc1)N1CCC(O)(c2ccc(Cl)cc2)CC1. The van der Waals surface area contributed by atoms with E-state index in [1.54, 1.807) is 12.1 Å². The van der Waals surface area contributed by atoms with Crippen molar-refractivity contribution in [1.29, 1.82) is 0 Å². The molecule has 3 aromatic rings. The topological polar surface area (TPSA) is 45.5 Å². The average molecular weight is 443 g/mol. The number of carbonyl (C=O) groups excluding carboxylic acids is 1. The van der Waals surface area contributed by atoms with Crippen LogP contribution < -0.4 is 0 Å². The molecule has 2 heterocycles. The molecule has 0 radical (unpaired) electrons. The number of hydrogen-bond acceptors (Lipinski definition) is 2. The summed E-state index contributed by atoms with van der Waals surface area (Å²) in [6.45, 7) is 1.05. The van der Waals surface area contributed by atoms with E-state index in [0.29, 0.717) is 42.4 Å². The van der Waals surface area contributed by atoms with Crippen LogP contribution in [-0.2, 0) is 10.4 Å². The van der Waals surface area contributed by atoms with Crippen molar-refractivity contribution in [1.82, 2.24) is 9.47 Å². The number of piperidine rings is 1. The Morgan fingerprint density at radius 2 is 1.47 bits per heavy atom. The van der Waals surface area contributed by atoms with Crippen molar-refractivity contribution in [3.63, 3.8) is 0 Å². The quantitative estimate of drug-likeness (QED) is 0.583. The monoisotopic (exact) mass is 442 g/mol. The highest BCUT2D eigenvalue weighted by Crippen LogP contribution is 2.34. The molecule has 30 heavy (non-hydrogen) atoms. The maximum atomic E-state index is 13.1. The number of aromatic nitrogens is 1. The first kappa shape index (κ1) is 21.0. The van der Waals surface area contributed by atoms with Crippen molar-refractivity contribution in [2.24, 2.45) is 0 Å². The number of nitrogens with zero attached hydrogens (tertiary/aromatic N) is 2. The minimum atomic E-state index is -0.919. The van der Waals surface area contributed by atoms with Crippen molar-refractivity contribution in [2.45, 2.75) is 30.9 Å². The zero-order chi connectivity index (χ0) is 21.1. The second-order valence-corrected chi connectivity index (χ2v) is 8.69. The largest absolute Gasteiger partial charge is 0.385 e. The van der Waals surface area contributed by atoms with Crippen molar-refractivity contribution in [2.75, 3.05) is 13.1 Å². The predicted molar refractivity (Wildman–Crippen MR) is 120 cm³/mol. The summed E-state index contributed by atoms with van der Waals surface area (Å²) in [5.41, 5.74) is 0.973. The van der Waals surface area contributed by atoms with Crippen LogP contribution in [0.3, 0.4) is 0 Å². The van der Waals surface area contributed by atoms with Crippen LogP contribution in [0.1, 0.15) is 36.4 Å². The lowest BCUT2D eigenvalue weighted by Crippen LogP contribution is -2.45. The second-order valence-electron chi connectivity index (χ2n) is 7.82. The van der Waals surface area contributed by atoms with E-state index in [1.807, 2.05) is 65.8 Å². The fourth-order valence-electron chi connectivity index (χ4n) is 4.11. The van der Waals surface area contributed by atoms with Crippen molar-refractivity contribution < 1.29 is 9.90 Å². The second kappa shape index (κ2) is 8.84. The van der Waals surface area contributed by atoms with Gasteiger partial charge in [0.1, 0.15) is 0 Å². The van der Waals surface area contributed by atoms with Crippen LogP contribution in [0.15, 0.2) is 73.1 Å². The van der Waals surface area contributed by atoms with Gasteiger partial charge in [-0.3, -0.25) is 4.79 Å². The molecular formula is C24H24Cl2N2O2. The molecular weight excluding hydrogens is 419 g/mol. The molecule has 1 aliphatic rings. The van der Waals surface area contributed by atoms with Crippen LogP contribution in [0, 0.1) is 0 Å². The average Bonchev–Trinajstić information content (AvgIpc) is 3.28. The molecule has 1 N–H and O–H groups in total. The molecule has 1 aromatic heterocycles. The number of aliphatic hydroxyl groups is 1. The molecule has 2 aromatic carbocycles. The van der Waals surface area contributed by atoms with Gasteiger partial charge in [0.15, 0.2) is 0 Å². The first-order valence-corrected chi connectivity index (χ1v) is 10.8. The summed E-state index contributed by atoms with van der Waals surface area (Å²) >= 11 is 12.0. The van der Waals surface area contributed by atoms with Gasteiger partial charge in [-0.15, -0.1) is 0 Å². The maximum Gasteiger partial charge on any atom is 0.225 e. The molecule has 4 nitrogen and oxygen atoms in total. The standard InChI is InChI=1S/C24H24Cl2N2O2/c25-20-7-3-18(4-8-20)22(27-13-1-2-14-27)17-23(29)28-15-11-24(30,12-16-28)19-5-9-21(26)10-6-19/h1-10,13-14,22,30H,11-12,15-17H2/t22-/m0/s1. The molecule has 1 amide bonds. The molecule has 0 spiro atoms. The van der Waals surface area contributed by atoms with E-state index in [-0.39, 0.29) is 11.9 Å². The predicted octanol–water partition coefficient (Wildman–Crippen LogP) is 5.28. The van der Waals surface area contributed by atoms with E-state index >= 15 is 0 Å². The highest BCUT2D eigenvalue weighted by Gasteiger charge is 2.36. The smallest absolute Gasteiger partial charge is 0.225 e. The van der Waals surface area contributed by atoms with Crippen molar-refractivity contribution >= 4 is 29.1 Å². The fraction of sp³-hybridized carbons (Fsp3) is 0.292. The highest BCUT2D eigenvalue weighted by atomic mass is 35.5. The van der Waals surface area contributed by atoms with Gasteiger partial charge in [-0.05, 0) is 60.4 Å². The summed E-state index contributed by atoms with van der Waals surface area (Å²) in [7, 11) is 0. The van der Waals surface area contributed by atoms with Crippen LogP contribution in [0.5, 0.6) is 0 Å². The highest BCUT2D eigenvalue weighted by molar-refractivity contribution is 6.30. The molecule has 1 saturated heterocycles. The van der Waals surface area contributed by atoms with Crippen LogP contribution >= 0.6 is 23.2 Å². The molecule has 0 aliphatic carbocycles. The molecule has 1 atom stereocenters. The van der Waals surface area contributed by atoms with Crippen LogP contribution in [0.4, 0.5) is 0 Å². The zero-order valence-electron chi connectivity index (χ0n) is 16.5. The van der Waals surface area contributed by atoms with Gasteiger partial charge in [0, 0.05) is 35.5 Å². The Hall–Kier alpha value is -2.27. The Balaban J connectivity index is 1.45. The van der Waals surface area contributed by atoms with Gasteiger partial charge in [-0.2, -0.15) is 0 Å². The Labute approximate surface area is 186 Å². The summed E-state index contributed by atoms with van der Waals surface area (Å²) in [6, 6.07) is 18.8. The first-order chi connectivity index (χ1) is 14.4. The number of likely N-dealkylation sites (tertiary alicyclic amines) is 1. The van der Waals surface area contributed by atoms with Crippen LogP contribution in [0.2, 0.25) is 10.0 Å². The van der Waals surface area contributed by atoms with Gasteiger partial charge in [0.2, 0.25) is 5.91 Å². The van der Waals surface area contributed by atoms with Gasteiger partial charge in [0.25, 0.3) is 0 Å². The molecule has 0 bridgehead atoms. The fourth-order valence-corrected chi connectivity index (χ4v) is 4.36. The summed E-state index contributed by atoms with van der Waals surface area (Å²) in [5.74, 6) is 0.0850. The van der Waals surface area contributed by atoms with Crippen LogP contribution in [0.25, 0.3) is 0 Å². The third-order valence-corrected chi connectivity index (χ3v) is 6.44. The Morgan fingerprint density at radius 3 is 2.03 bits per heavy atom. The third kappa shape index (κ3) is 4.56. The summed E-state index contributed by atoms with van der Waals surface area (Å²) < 4.78 is 2.05. The van der Waals surface area contributed by atoms with E-state index in [0.717, 1.165) is 11.1 Å². The lowest BCUT2D eigenvalue weighted by molar-refractivity contribution is -0.136. The lowest BCUT2D eigenvalue weighted by atomic mass is 9.84. The van der Waals surface area contributed by atoms with Crippen molar-refractivity contribution in [3.8, 4) is 0 Å². The number of rotatable bonds is 5. The number of hydrogen-bond donors (Lipinski definition) is 1. The summed E-state index contributed by atoms with van der Waals surface area (Å²) in [4.78, 5) is 15.0. The number of benzene rings is 2. The van der Waals surface area contributed by atoms with E-state index in [1.165, 1.54) is 0 Å². The Morgan fingerprint density at radius 1 is 0.933 bits per heavy atom.